The Balaban J connectivity index is 1.94. The van der Waals surface area contributed by atoms with Gasteiger partial charge in [0.2, 0.25) is 5.91 Å². The number of benzene rings is 1. The quantitative estimate of drug-likeness (QED) is 0.721. The monoisotopic (exact) mass is 320 g/mol. The van der Waals surface area contributed by atoms with E-state index >= 15 is 0 Å². The Bertz CT molecular complexity index is 525. The van der Waals surface area contributed by atoms with Crippen LogP contribution in [0.25, 0.3) is 0 Å². The number of hydrogen-bond donors (Lipinski definition) is 2. The molecule has 1 aromatic rings. The first kappa shape index (κ1) is 17.8. The minimum atomic E-state index is -0.690. The number of aryl methyl sites for hydroxylation is 1. The summed E-state index contributed by atoms with van der Waals surface area (Å²) in [4.78, 5) is 12.3. The Kier molecular flexibility index (Phi) is 6.42. The molecule has 0 bridgehead atoms. The lowest BCUT2D eigenvalue weighted by molar-refractivity contribution is -0.126. The van der Waals surface area contributed by atoms with Gasteiger partial charge >= 0.3 is 0 Å². The molecule has 1 aromatic carbocycles. The van der Waals surface area contributed by atoms with E-state index in [1.165, 1.54) is 0 Å². The highest BCUT2D eigenvalue weighted by atomic mass is 16.5. The molecule has 0 radical (unpaired) electrons. The number of carbonyl (C=O) groups is 1. The third-order valence-electron chi connectivity index (χ3n) is 4.36. The van der Waals surface area contributed by atoms with Crippen molar-refractivity contribution in [3.63, 3.8) is 0 Å². The van der Waals surface area contributed by atoms with Gasteiger partial charge in [-0.05, 0) is 31.4 Å². The van der Waals surface area contributed by atoms with Gasteiger partial charge in [0.05, 0.1) is 12.1 Å². The number of nitrogens with two attached hydrogens (primary N) is 1. The van der Waals surface area contributed by atoms with Crippen molar-refractivity contribution in [3.05, 3.63) is 29.3 Å². The molecule has 0 atom stereocenters. The smallest absolute Gasteiger partial charge is 0.240 e. The van der Waals surface area contributed by atoms with Gasteiger partial charge in [0.1, 0.15) is 5.75 Å². The van der Waals surface area contributed by atoms with Crippen molar-refractivity contribution in [2.75, 3.05) is 20.3 Å². The maximum absolute atomic E-state index is 12.3. The largest absolute Gasteiger partial charge is 0.493 e. The molecule has 3 N–H and O–H groups in total. The van der Waals surface area contributed by atoms with E-state index in [9.17, 15) is 4.79 Å². The SMILES string of the molecule is COCCCOc1cc(C)ccc1CNC(=O)C1(N)CCCC1. The van der Waals surface area contributed by atoms with Crippen molar-refractivity contribution in [3.8, 4) is 5.75 Å². The lowest BCUT2D eigenvalue weighted by Crippen LogP contribution is -2.51. The zero-order chi connectivity index (χ0) is 16.7. The average Bonchev–Trinajstić information content (AvgIpc) is 2.98. The zero-order valence-corrected chi connectivity index (χ0v) is 14.2. The zero-order valence-electron chi connectivity index (χ0n) is 14.2. The summed E-state index contributed by atoms with van der Waals surface area (Å²) in [6, 6.07) is 6.03. The Hall–Kier alpha value is -1.59. The molecule has 1 amide bonds. The summed E-state index contributed by atoms with van der Waals surface area (Å²) in [5.41, 5.74) is 7.60. The van der Waals surface area contributed by atoms with E-state index in [0.29, 0.717) is 19.8 Å². The summed E-state index contributed by atoms with van der Waals surface area (Å²) >= 11 is 0. The fourth-order valence-electron chi connectivity index (χ4n) is 2.91. The maximum atomic E-state index is 12.3. The van der Waals surface area contributed by atoms with Crippen LogP contribution in [0.2, 0.25) is 0 Å². The van der Waals surface area contributed by atoms with Gasteiger partial charge in [-0.15, -0.1) is 0 Å². The maximum Gasteiger partial charge on any atom is 0.240 e. The highest BCUT2D eigenvalue weighted by Gasteiger charge is 2.36. The fourth-order valence-corrected chi connectivity index (χ4v) is 2.91. The normalized spacial score (nSPS) is 16.3. The van der Waals surface area contributed by atoms with Crippen molar-refractivity contribution >= 4 is 5.91 Å². The van der Waals surface area contributed by atoms with Crippen LogP contribution in [0.5, 0.6) is 5.75 Å². The molecular formula is C18H28N2O3. The summed E-state index contributed by atoms with van der Waals surface area (Å²) in [6.45, 7) is 3.74. The highest BCUT2D eigenvalue weighted by Crippen LogP contribution is 2.27. The van der Waals surface area contributed by atoms with E-state index in [0.717, 1.165) is 49.0 Å². The molecule has 5 nitrogen and oxygen atoms in total. The third kappa shape index (κ3) is 4.94. The predicted molar refractivity (Wildman–Crippen MR) is 90.4 cm³/mol. The number of methoxy groups -OCH3 is 1. The van der Waals surface area contributed by atoms with Crippen molar-refractivity contribution in [1.82, 2.24) is 5.32 Å². The lowest BCUT2D eigenvalue weighted by atomic mass is 9.98. The number of hydrogen-bond acceptors (Lipinski definition) is 4. The fraction of sp³-hybridized carbons (Fsp3) is 0.611. The van der Waals surface area contributed by atoms with Gasteiger partial charge < -0.3 is 20.5 Å². The van der Waals surface area contributed by atoms with Crippen LogP contribution in [0.4, 0.5) is 0 Å². The number of nitrogens with one attached hydrogen (secondary N) is 1. The Morgan fingerprint density at radius 3 is 2.74 bits per heavy atom. The molecule has 128 valence electrons. The highest BCUT2D eigenvalue weighted by molar-refractivity contribution is 5.86. The summed E-state index contributed by atoms with van der Waals surface area (Å²) in [6.07, 6.45) is 4.44. The van der Waals surface area contributed by atoms with Crippen LogP contribution in [0, 0.1) is 6.92 Å². The molecule has 0 aliphatic heterocycles. The summed E-state index contributed by atoms with van der Waals surface area (Å²) in [5, 5.41) is 2.97. The van der Waals surface area contributed by atoms with E-state index in [4.69, 9.17) is 15.2 Å². The van der Waals surface area contributed by atoms with E-state index in [1.54, 1.807) is 7.11 Å². The standard InChI is InChI=1S/C18H28N2O3/c1-14-6-7-15(16(12-14)23-11-5-10-22-2)13-20-17(21)18(19)8-3-4-9-18/h6-7,12H,3-5,8-11,13,19H2,1-2H3,(H,20,21). The molecule has 23 heavy (non-hydrogen) atoms. The number of ether oxygens (including phenoxy) is 2. The molecule has 2 rings (SSSR count). The van der Waals surface area contributed by atoms with Crippen LogP contribution in [-0.4, -0.2) is 31.8 Å². The Morgan fingerprint density at radius 2 is 2.04 bits per heavy atom. The summed E-state index contributed by atoms with van der Waals surface area (Å²) in [5.74, 6) is 0.764. The van der Waals surface area contributed by atoms with Gasteiger partial charge in [-0.3, -0.25) is 4.79 Å². The van der Waals surface area contributed by atoms with E-state index in [1.807, 2.05) is 25.1 Å². The van der Waals surface area contributed by atoms with Crippen LogP contribution in [0.3, 0.4) is 0 Å². The number of amides is 1. The van der Waals surface area contributed by atoms with Crippen LogP contribution in [0.15, 0.2) is 18.2 Å². The minimum absolute atomic E-state index is 0.0547. The van der Waals surface area contributed by atoms with Crippen molar-refractivity contribution in [2.45, 2.75) is 51.1 Å². The van der Waals surface area contributed by atoms with E-state index in [2.05, 4.69) is 5.32 Å². The van der Waals surface area contributed by atoms with Crippen molar-refractivity contribution in [1.29, 1.82) is 0 Å². The van der Waals surface area contributed by atoms with Crippen LogP contribution >= 0.6 is 0 Å². The van der Waals surface area contributed by atoms with E-state index < -0.39 is 5.54 Å². The number of carbonyl (C=O) groups excluding carboxylic acids is 1. The van der Waals surface area contributed by atoms with Gasteiger partial charge in [-0.2, -0.15) is 0 Å². The first-order valence-corrected chi connectivity index (χ1v) is 8.33. The predicted octanol–water partition coefficient (Wildman–Crippen LogP) is 2.30. The van der Waals surface area contributed by atoms with Crippen LogP contribution in [0.1, 0.15) is 43.2 Å². The average molecular weight is 320 g/mol. The van der Waals surface area contributed by atoms with Gasteiger partial charge in [0.15, 0.2) is 0 Å². The van der Waals surface area contributed by atoms with Crippen LogP contribution < -0.4 is 15.8 Å². The second kappa shape index (κ2) is 8.31. The van der Waals surface area contributed by atoms with E-state index in [-0.39, 0.29) is 5.91 Å². The number of rotatable bonds is 8. The topological polar surface area (TPSA) is 73.6 Å². The molecular weight excluding hydrogens is 292 g/mol. The second-order valence-electron chi connectivity index (χ2n) is 6.35. The third-order valence-corrected chi connectivity index (χ3v) is 4.36. The van der Waals surface area contributed by atoms with Gasteiger partial charge in [-0.25, -0.2) is 0 Å². The van der Waals surface area contributed by atoms with Gasteiger partial charge in [0.25, 0.3) is 0 Å². The molecule has 1 fully saturated rings. The Labute approximate surface area is 138 Å². The summed E-state index contributed by atoms with van der Waals surface area (Å²) in [7, 11) is 1.68. The summed E-state index contributed by atoms with van der Waals surface area (Å²) < 4.78 is 10.9. The van der Waals surface area contributed by atoms with Crippen molar-refractivity contribution in [2.24, 2.45) is 5.73 Å². The first-order chi connectivity index (χ1) is 11.0. The molecule has 0 spiro atoms. The van der Waals surface area contributed by atoms with Crippen molar-refractivity contribution < 1.29 is 14.3 Å². The molecule has 1 aliphatic rings. The van der Waals surface area contributed by atoms with Crippen LogP contribution in [-0.2, 0) is 16.1 Å². The molecule has 0 unspecified atom stereocenters. The Morgan fingerprint density at radius 1 is 1.30 bits per heavy atom. The molecule has 0 saturated heterocycles. The second-order valence-corrected chi connectivity index (χ2v) is 6.35. The molecule has 0 heterocycles. The van der Waals surface area contributed by atoms with Gasteiger partial charge in [0, 0.05) is 32.2 Å². The molecule has 5 heteroatoms. The minimum Gasteiger partial charge on any atom is -0.493 e. The molecule has 0 aromatic heterocycles. The van der Waals surface area contributed by atoms with Gasteiger partial charge in [-0.1, -0.05) is 25.0 Å². The molecule has 1 aliphatic carbocycles. The molecule has 1 saturated carbocycles. The lowest BCUT2D eigenvalue weighted by Gasteiger charge is -2.22. The first-order valence-electron chi connectivity index (χ1n) is 8.33.